The van der Waals surface area contributed by atoms with E-state index in [9.17, 15) is 8.42 Å². The number of nitrogens with zero attached hydrogens (tertiary/aromatic N) is 2. The van der Waals surface area contributed by atoms with E-state index in [4.69, 9.17) is 14.0 Å². The quantitative estimate of drug-likeness (QED) is 0.718. The van der Waals surface area contributed by atoms with E-state index in [0.717, 1.165) is 31.2 Å². The molecule has 0 saturated carbocycles. The average Bonchev–Trinajstić information content (AvgIpc) is 3.04. The molecular formula is C20H28N2O5S. The summed E-state index contributed by atoms with van der Waals surface area (Å²) in [5, 5.41) is 3.76. The summed E-state index contributed by atoms with van der Waals surface area (Å²) in [6, 6.07) is 7.02. The fourth-order valence-electron chi connectivity index (χ4n) is 3.52. The van der Waals surface area contributed by atoms with Crippen LogP contribution in [-0.4, -0.2) is 43.9 Å². The first-order valence-electron chi connectivity index (χ1n) is 9.58. The molecule has 0 amide bonds. The summed E-state index contributed by atoms with van der Waals surface area (Å²) in [6.45, 7) is 3.95. The molecule has 1 aromatic carbocycles. The molecule has 2 heterocycles. The van der Waals surface area contributed by atoms with Crippen LogP contribution in [0.25, 0.3) is 11.3 Å². The third-order valence-electron chi connectivity index (χ3n) is 5.16. The zero-order valence-electron chi connectivity index (χ0n) is 16.8. The molecule has 0 spiro atoms. The number of ether oxygens (including phenoxy) is 2. The number of hydrogen-bond acceptors (Lipinski definition) is 6. The van der Waals surface area contributed by atoms with Crippen LogP contribution < -0.4 is 9.47 Å². The van der Waals surface area contributed by atoms with E-state index in [1.54, 1.807) is 38.4 Å². The number of sulfonamides is 1. The van der Waals surface area contributed by atoms with Gasteiger partial charge in [-0.3, -0.25) is 0 Å². The first-order valence-corrected chi connectivity index (χ1v) is 11.1. The lowest BCUT2D eigenvalue weighted by Gasteiger charge is -2.29. The van der Waals surface area contributed by atoms with Crippen LogP contribution in [0, 0.1) is 0 Å². The number of aromatic nitrogens is 1. The molecule has 0 unspecified atom stereocenters. The van der Waals surface area contributed by atoms with E-state index < -0.39 is 15.3 Å². The predicted molar refractivity (Wildman–Crippen MR) is 107 cm³/mol. The molecule has 7 nitrogen and oxygen atoms in total. The highest BCUT2D eigenvalue weighted by Gasteiger charge is 2.35. The lowest BCUT2D eigenvalue weighted by atomic mass is 10.1. The lowest BCUT2D eigenvalue weighted by Crippen LogP contribution is -2.39. The van der Waals surface area contributed by atoms with Gasteiger partial charge >= 0.3 is 0 Å². The Kier molecular flexibility index (Phi) is 6.30. The molecule has 0 radical (unpaired) electrons. The van der Waals surface area contributed by atoms with Crippen LogP contribution in [0.4, 0.5) is 0 Å². The largest absolute Gasteiger partial charge is 0.493 e. The summed E-state index contributed by atoms with van der Waals surface area (Å²) >= 11 is 0. The van der Waals surface area contributed by atoms with Crippen LogP contribution in [0.2, 0.25) is 0 Å². The molecule has 1 aliphatic heterocycles. The normalized spacial score (nSPS) is 18.8. The Balaban J connectivity index is 1.95. The van der Waals surface area contributed by atoms with Gasteiger partial charge in [0.1, 0.15) is 5.69 Å². The minimum absolute atomic E-state index is 0.299. The van der Waals surface area contributed by atoms with Crippen LogP contribution in [0.3, 0.4) is 0 Å². The van der Waals surface area contributed by atoms with E-state index in [1.165, 1.54) is 0 Å². The Morgan fingerprint density at radius 3 is 2.54 bits per heavy atom. The molecule has 1 atom stereocenters. The van der Waals surface area contributed by atoms with Crippen molar-refractivity contribution in [1.29, 1.82) is 0 Å². The Morgan fingerprint density at radius 2 is 1.86 bits per heavy atom. The summed E-state index contributed by atoms with van der Waals surface area (Å²) in [4.78, 5) is 0. The zero-order valence-corrected chi connectivity index (χ0v) is 17.7. The second kappa shape index (κ2) is 8.53. The summed E-state index contributed by atoms with van der Waals surface area (Å²) < 4.78 is 43.6. The predicted octanol–water partition coefficient (Wildman–Crippen LogP) is 4.01. The second-order valence-electron chi connectivity index (χ2n) is 7.26. The Morgan fingerprint density at radius 1 is 1.11 bits per heavy atom. The van der Waals surface area contributed by atoms with Crippen molar-refractivity contribution in [2.75, 3.05) is 20.8 Å². The molecule has 3 rings (SSSR count). The summed E-state index contributed by atoms with van der Waals surface area (Å²) in [5.74, 6) is 1.79. The molecule has 0 aliphatic carbocycles. The van der Waals surface area contributed by atoms with Crippen molar-refractivity contribution >= 4 is 10.0 Å². The van der Waals surface area contributed by atoms with E-state index in [0.29, 0.717) is 29.5 Å². The van der Waals surface area contributed by atoms with Gasteiger partial charge in [0.25, 0.3) is 0 Å². The van der Waals surface area contributed by atoms with Crippen molar-refractivity contribution in [3.8, 4) is 22.8 Å². The van der Waals surface area contributed by atoms with Gasteiger partial charge in [0.15, 0.2) is 17.3 Å². The lowest BCUT2D eigenvalue weighted by molar-refractivity contribution is 0.305. The van der Waals surface area contributed by atoms with Gasteiger partial charge in [-0.1, -0.05) is 18.0 Å². The van der Waals surface area contributed by atoms with Crippen molar-refractivity contribution in [2.24, 2.45) is 0 Å². The molecule has 0 N–H and O–H groups in total. The maximum atomic E-state index is 12.9. The van der Waals surface area contributed by atoms with Crippen LogP contribution in [0.5, 0.6) is 11.5 Å². The van der Waals surface area contributed by atoms with E-state index >= 15 is 0 Å². The van der Waals surface area contributed by atoms with Gasteiger partial charge in [0, 0.05) is 18.2 Å². The first-order chi connectivity index (χ1) is 13.4. The summed E-state index contributed by atoms with van der Waals surface area (Å²) in [5.41, 5.74) is 1.44. The van der Waals surface area contributed by atoms with Gasteiger partial charge in [-0.15, -0.1) is 0 Å². The van der Waals surface area contributed by atoms with Crippen LogP contribution in [0.15, 0.2) is 28.8 Å². The summed E-state index contributed by atoms with van der Waals surface area (Å²) in [6.07, 6.45) is 3.58. The third-order valence-corrected chi connectivity index (χ3v) is 7.45. The van der Waals surface area contributed by atoms with E-state index in [1.807, 2.05) is 18.2 Å². The smallest absolute Gasteiger partial charge is 0.217 e. The van der Waals surface area contributed by atoms with Gasteiger partial charge in [-0.2, -0.15) is 4.31 Å². The molecule has 1 aliphatic rings. The number of rotatable bonds is 6. The Bertz CT molecular complexity index is 907. The molecule has 8 heteroatoms. The number of benzene rings is 1. The zero-order chi connectivity index (χ0) is 20.3. The monoisotopic (exact) mass is 408 g/mol. The fourth-order valence-corrected chi connectivity index (χ4v) is 5.02. The molecule has 0 bridgehead atoms. The number of hydrogen-bond donors (Lipinski definition) is 0. The highest BCUT2D eigenvalue weighted by atomic mass is 32.2. The highest BCUT2D eigenvalue weighted by molar-refractivity contribution is 7.89. The van der Waals surface area contributed by atoms with E-state index in [-0.39, 0.29) is 6.04 Å². The average molecular weight is 409 g/mol. The van der Waals surface area contributed by atoms with Crippen molar-refractivity contribution in [2.45, 2.75) is 50.8 Å². The maximum Gasteiger partial charge on any atom is 0.217 e. The van der Waals surface area contributed by atoms with Crippen LogP contribution in [-0.2, 0) is 10.0 Å². The molecule has 154 valence electrons. The molecule has 1 fully saturated rings. The van der Waals surface area contributed by atoms with Crippen LogP contribution in [0.1, 0.15) is 51.3 Å². The Hall–Kier alpha value is -2.06. The fraction of sp³-hybridized carbons (Fsp3) is 0.550. The van der Waals surface area contributed by atoms with Crippen molar-refractivity contribution < 1.29 is 22.4 Å². The first kappa shape index (κ1) is 20.7. The van der Waals surface area contributed by atoms with Gasteiger partial charge in [-0.05, 0) is 44.9 Å². The second-order valence-corrected chi connectivity index (χ2v) is 9.70. The molecular weight excluding hydrogens is 380 g/mol. The Labute approximate surface area is 166 Å². The van der Waals surface area contributed by atoms with E-state index in [2.05, 4.69) is 5.16 Å². The molecule has 1 aromatic heterocycles. The molecule has 2 aromatic rings. The van der Waals surface area contributed by atoms with Gasteiger partial charge < -0.3 is 14.0 Å². The van der Waals surface area contributed by atoms with Gasteiger partial charge in [-0.25, -0.2) is 8.42 Å². The van der Waals surface area contributed by atoms with Crippen molar-refractivity contribution in [3.63, 3.8) is 0 Å². The SMILES string of the molecule is COc1ccc(-c2cc([C@@H]3CCCCCN3S(=O)(=O)C(C)C)no2)cc1OC. The third kappa shape index (κ3) is 4.03. The summed E-state index contributed by atoms with van der Waals surface area (Å²) in [7, 11) is -0.220. The molecule has 1 saturated heterocycles. The van der Waals surface area contributed by atoms with Gasteiger partial charge in [0.2, 0.25) is 10.0 Å². The maximum absolute atomic E-state index is 12.9. The standard InChI is InChI=1S/C20H28N2O5S/c1-14(2)28(23,24)22-11-7-5-6-8-17(22)16-13-19(27-21-16)15-9-10-18(25-3)20(12-15)26-4/h9-10,12-14,17H,5-8,11H2,1-4H3/t17-/m0/s1. The van der Waals surface area contributed by atoms with Crippen LogP contribution >= 0.6 is 0 Å². The molecule has 28 heavy (non-hydrogen) atoms. The highest BCUT2D eigenvalue weighted by Crippen LogP contribution is 2.37. The topological polar surface area (TPSA) is 81.9 Å². The number of methoxy groups -OCH3 is 2. The van der Waals surface area contributed by atoms with Crippen molar-refractivity contribution in [1.82, 2.24) is 9.46 Å². The minimum Gasteiger partial charge on any atom is -0.493 e. The minimum atomic E-state index is -3.38. The van der Waals surface area contributed by atoms with Crippen molar-refractivity contribution in [3.05, 3.63) is 30.0 Å². The van der Waals surface area contributed by atoms with Gasteiger partial charge in [0.05, 0.1) is 25.5 Å².